The van der Waals surface area contributed by atoms with E-state index >= 15 is 0 Å². The standard InChI is InChI=1S/C23H22O/c1-17-10-6-8-14-20(17)23(24)21-15-9-7-11-18(21)16-22(23,2)19-12-4-3-5-13-19/h3-15,24H,16H2,1-2H3/t22-,23-/m0/s1. The van der Waals surface area contributed by atoms with Crippen LogP contribution in [0.4, 0.5) is 0 Å². The Bertz CT molecular complexity index is 883. The summed E-state index contributed by atoms with van der Waals surface area (Å²) in [5.41, 5.74) is 4.13. The van der Waals surface area contributed by atoms with E-state index in [1.165, 1.54) is 11.1 Å². The van der Waals surface area contributed by atoms with Gasteiger partial charge in [-0.25, -0.2) is 0 Å². The fourth-order valence-corrected chi connectivity index (χ4v) is 4.37. The normalized spacial score (nSPS) is 25.5. The van der Waals surface area contributed by atoms with Crippen molar-refractivity contribution in [1.29, 1.82) is 0 Å². The molecule has 2 atom stereocenters. The predicted octanol–water partition coefficient (Wildman–Crippen LogP) is 4.74. The third-order valence-corrected chi connectivity index (χ3v) is 5.70. The van der Waals surface area contributed by atoms with Crippen molar-refractivity contribution in [3.63, 3.8) is 0 Å². The second-order valence-electron chi connectivity index (χ2n) is 7.06. The predicted molar refractivity (Wildman–Crippen MR) is 98.1 cm³/mol. The molecule has 0 saturated heterocycles. The highest BCUT2D eigenvalue weighted by atomic mass is 16.3. The lowest BCUT2D eigenvalue weighted by Crippen LogP contribution is -2.45. The largest absolute Gasteiger partial charge is 0.379 e. The Morgan fingerprint density at radius 2 is 1.33 bits per heavy atom. The topological polar surface area (TPSA) is 20.2 Å². The van der Waals surface area contributed by atoms with Crippen LogP contribution in [-0.4, -0.2) is 5.11 Å². The Balaban J connectivity index is 2.04. The second-order valence-corrected chi connectivity index (χ2v) is 7.06. The number of hydrogen-bond acceptors (Lipinski definition) is 1. The molecule has 0 aliphatic heterocycles. The SMILES string of the molecule is Cc1ccccc1[C@]1(O)c2ccccc2C[C@@]1(C)c1ccccc1. The van der Waals surface area contributed by atoms with Gasteiger partial charge in [0, 0.05) is 5.41 Å². The van der Waals surface area contributed by atoms with Crippen LogP contribution in [0, 0.1) is 6.92 Å². The molecule has 1 aliphatic rings. The van der Waals surface area contributed by atoms with Gasteiger partial charge < -0.3 is 5.11 Å². The zero-order valence-electron chi connectivity index (χ0n) is 14.2. The molecule has 0 heterocycles. The molecule has 1 N–H and O–H groups in total. The van der Waals surface area contributed by atoms with E-state index in [1.807, 2.05) is 24.3 Å². The van der Waals surface area contributed by atoms with Crippen LogP contribution in [0.5, 0.6) is 0 Å². The molecular formula is C23H22O. The van der Waals surface area contributed by atoms with Crippen LogP contribution in [-0.2, 0) is 17.4 Å². The van der Waals surface area contributed by atoms with E-state index in [1.54, 1.807) is 0 Å². The van der Waals surface area contributed by atoms with Crippen LogP contribution in [0.2, 0.25) is 0 Å². The first-order valence-electron chi connectivity index (χ1n) is 8.50. The van der Waals surface area contributed by atoms with Gasteiger partial charge in [-0.15, -0.1) is 0 Å². The lowest BCUT2D eigenvalue weighted by molar-refractivity contribution is 0.0134. The van der Waals surface area contributed by atoms with Gasteiger partial charge >= 0.3 is 0 Å². The van der Waals surface area contributed by atoms with Crippen LogP contribution in [0.3, 0.4) is 0 Å². The number of rotatable bonds is 2. The van der Waals surface area contributed by atoms with Crippen molar-refractivity contribution in [2.45, 2.75) is 31.3 Å². The molecule has 0 radical (unpaired) electrons. The lowest BCUT2D eigenvalue weighted by Gasteiger charge is -2.42. The zero-order valence-corrected chi connectivity index (χ0v) is 14.2. The molecule has 1 aliphatic carbocycles. The molecular weight excluding hydrogens is 292 g/mol. The van der Waals surface area contributed by atoms with Crippen LogP contribution < -0.4 is 0 Å². The average molecular weight is 314 g/mol. The summed E-state index contributed by atoms with van der Waals surface area (Å²) in [7, 11) is 0. The van der Waals surface area contributed by atoms with Gasteiger partial charge in [-0.05, 0) is 41.2 Å². The molecule has 0 unspecified atom stereocenters. The summed E-state index contributed by atoms with van der Waals surface area (Å²) in [5, 5.41) is 12.2. The van der Waals surface area contributed by atoms with E-state index in [0.717, 1.165) is 23.1 Å². The highest BCUT2D eigenvalue weighted by Crippen LogP contribution is 2.55. The van der Waals surface area contributed by atoms with Crippen LogP contribution in [0.15, 0.2) is 78.9 Å². The van der Waals surface area contributed by atoms with Crippen molar-refractivity contribution in [2.75, 3.05) is 0 Å². The Morgan fingerprint density at radius 1 is 0.750 bits per heavy atom. The van der Waals surface area contributed by atoms with Gasteiger partial charge in [-0.2, -0.15) is 0 Å². The highest BCUT2D eigenvalue weighted by molar-refractivity contribution is 5.55. The minimum absolute atomic E-state index is 0.399. The number of aliphatic hydroxyl groups is 1. The molecule has 0 bridgehead atoms. The summed E-state index contributed by atoms with van der Waals surface area (Å²) in [5.74, 6) is 0. The number of hydrogen-bond donors (Lipinski definition) is 1. The highest BCUT2D eigenvalue weighted by Gasteiger charge is 2.56. The fraction of sp³-hybridized carbons (Fsp3) is 0.217. The fourth-order valence-electron chi connectivity index (χ4n) is 4.37. The Labute approximate surface area is 143 Å². The Morgan fingerprint density at radius 3 is 2.04 bits per heavy atom. The first kappa shape index (κ1) is 15.2. The van der Waals surface area contributed by atoms with E-state index in [2.05, 4.69) is 68.4 Å². The quantitative estimate of drug-likeness (QED) is 0.724. The lowest BCUT2D eigenvalue weighted by atomic mass is 9.65. The molecule has 0 spiro atoms. The van der Waals surface area contributed by atoms with Crippen molar-refractivity contribution in [2.24, 2.45) is 0 Å². The van der Waals surface area contributed by atoms with Crippen molar-refractivity contribution in [3.8, 4) is 0 Å². The number of fused-ring (bicyclic) bond motifs is 1. The van der Waals surface area contributed by atoms with Gasteiger partial charge in [0.05, 0.1) is 0 Å². The van der Waals surface area contributed by atoms with Crippen molar-refractivity contribution in [1.82, 2.24) is 0 Å². The zero-order chi connectivity index (χ0) is 16.8. The minimum atomic E-state index is -1.03. The van der Waals surface area contributed by atoms with Crippen molar-refractivity contribution in [3.05, 3.63) is 107 Å². The van der Waals surface area contributed by atoms with E-state index in [-0.39, 0.29) is 0 Å². The molecule has 120 valence electrons. The monoisotopic (exact) mass is 314 g/mol. The van der Waals surface area contributed by atoms with Gasteiger partial charge in [0.2, 0.25) is 0 Å². The summed E-state index contributed by atoms with van der Waals surface area (Å²) in [6.45, 7) is 4.27. The van der Waals surface area contributed by atoms with E-state index in [0.29, 0.717) is 0 Å². The van der Waals surface area contributed by atoms with Gasteiger partial charge in [0.25, 0.3) is 0 Å². The van der Waals surface area contributed by atoms with Crippen molar-refractivity contribution >= 4 is 0 Å². The summed E-state index contributed by atoms with van der Waals surface area (Å²) in [6, 6.07) is 26.9. The average Bonchev–Trinajstić information content (AvgIpc) is 2.86. The van der Waals surface area contributed by atoms with E-state index < -0.39 is 11.0 Å². The summed E-state index contributed by atoms with van der Waals surface area (Å²) in [4.78, 5) is 0. The third-order valence-electron chi connectivity index (χ3n) is 5.70. The Hall–Kier alpha value is -2.38. The first-order valence-corrected chi connectivity index (χ1v) is 8.50. The molecule has 3 aromatic carbocycles. The maximum absolute atomic E-state index is 12.2. The van der Waals surface area contributed by atoms with E-state index in [9.17, 15) is 5.11 Å². The summed E-state index contributed by atoms with van der Waals surface area (Å²) >= 11 is 0. The molecule has 24 heavy (non-hydrogen) atoms. The maximum Gasteiger partial charge on any atom is 0.125 e. The summed E-state index contributed by atoms with van der Waals surface area (Å²) < 4.78 is 0. The van der Waals surface area contributed by atoms with Gasteiger partial charge in [-0.1, -0.05) is 85.8 Å². The van der Waals surface area contributed by atoms with Crippen LogP contribution in [0.25, 0.3) is 0 Å². The number of benzene rings is 3. The first-order chi connectivity index (χ1) is 11.6. The maximum atomic E-state index is 12.2. The van der Waals surface area contributed by atoms with Crippen LogP contribution in [0.1, 0.15) is 34.7 Å². The van der Waals surface area contributed by atoms with Crippen LogP contribution >= 0.6 is 0 Å². The van der Waals surface area contributed by atoms with Gasteiger partial charge in [0.15, 0.2) is 0 Å². The van der Waals surface area contributed by atoms with Gasteiger partial charge in [-0.3, -0.25) is 0 Å². The molecule has 1 nitrogen and oxygen atoms in total. The van der Waals surface area contributed by atoms with Gasteiger partial charge in [0.1, 0.15) is 5.60 Å². The molecule has 3 aromatic rings. The molecule has 0 fully saturated rings. The number of aryl methyl sites for hydroxylation is 1. The molecule has 0 aromatic heterocycles. The van der Waals surface area contributed by atoms with Crippen molar-refractivity contribution < 1.29 is 5.11 Å². The molecule has 1 heteroatoms. The Kier molecular flexibility index (Phi) is 3.36. The minimum Gasteiger partial charge on any atom is -0.379 e. The molecule has 0 saturated carbocycles. The third kappa shape index (κ3) is 1.91. The molecule has 0 amide bonds. The van der Waals surface area contributed by atoms with E-state index in [4.69, 9.17) is 0 Å². The molecule has 4 rings (SSSR count). The summed E-state index contributed by atoms with van der Waals surface area (Å²) in [6.07, 6.45) is 0.831. The second kappa shape index (κ2) is 5.32. The smallest absolute Gasteiger partial charge is 0.125 e.